The van der Waals surface area contributed by atoms with E-state index in [1.807, 2.05) is 0 Å². The van der Waals surface area contributed by atoms with Crippen LogP contribution in [0.1, 0.15) is 34.6 Å². The van der Waals surface area contributed by atoms with Gasteiger partial charge in [0.1, 0.15) is 35.0 Å². The molecule has 1 heterocycles. The topological polar surface area (TPSA) is 208 Å². The molecule has 32 heavy (non-hydrogen) atoms. The van der Waals surface area contributed by atoms with E-state index >= 15 is 0 Å². The zero-order valence-electron chi connectivity index (χ0n) is 18.1. The summed E-state index contributed by atoms with van der Waals surface area (Å²) < 4.78 is 20.8. The van der Waals surface area contributed by atoms with Crippen LogP contribution in [0.5, 0.6) is 0 Å². The van der Waals surface area contributed by atoms with Crippen LogP contribution in [-0.4, -0.2) is 66.8 Å². The number of nitrogens with one attached hydrogen (secondary N) is 2. The number of hydrogen-bond donors (Lipinski definition) is 2. The molecule has 0 aliphatic carbocycles. The average Bonchev–Trinajstić information content (AvgIpc) is 2.65. The first-order valence-corrected chi connectivity index (χ1v) is 9.29. The van der Waals surface area contributed by atoms with Gasteiger partial charge in [0, 0.05) is 33.3 Å². The van der Waals surface area contributed by atoms with Crippen LogP contribution >= 0.6 is 0 Å². The second-order valence-electron chi connectivity index (χ2n) is 6.79. The van der Waals surface area contributed by atoms with E-state index in [0.29, 0.717) is 0 Å². The van der Waals surface area contributed by atoms with E-state index in [1.165, 1.54) is 6.92 Å². The first-order valence-electron chi connectivity index (χ1n) is 9.29. The van der Waals surface area contributed by atoms with E-state index in [1.54, 1.807) is 0 Å². The van der Waals surface area contributed by atoms with E-state index in [2.05, 4.69) is 15.3 Å². The van der Waals surface area contributed by atoms with Crippen LogP contribution in [0.25, 0.3) is 0 Å². The van der Waals surface area contributed by atoms with Crippen LogP contribution in [0.15, 0.2) is 16.4 Å². The minimum Gasteiger partial charge on any atom is -0.542 e. The van der Waals surface area contributed by atoms with Crippen LogP contribution in [0.2, 0.25) is 0 Å². The lowest BCUT2D eigenvalue weighted by atomic mass is 9.88. The molecule has 176 valence electrons. The van der Waals surface area contributed by atoms with Crippen molar-refractivity contribution in [1.82, 2.24) is 10.2 Å². The van der Waals surface area contributed by atoms with Gasteiger partial charge < -0.3 is 34.2 Å². The number of ether oxygens (including phenoxy) is 4. The minimum atomic E-state index is -1.75. The van der Waals surface area contributed by atoms with Gasteiger partial charge in [-0.1, -0.05) is 0 Å². The highest BCUT2D eigenvalue weighted by Gasteiger charge is 2.50. The molecule has 1 aliphatic rings. The zero-order chi connectivity index (χ0) is 24.6. The fourth-order valence-electron chi connectivity index (χ4n) is 3.14. The first-order chi connectivity index (χ1) is 14.9. The molecule has 0 saturated heterocycles. The lowest BCUT2D eigenvalue weighted by Crippen LogP contribution is -2.62. The molecule has 1 aliphatic heterocycles. The third-order valence-electron chi connectivity index (χ3n) is 4.25. The largest absolute Gasteiger partial charge is 0.542 e. The molecule has 0 fully saturated rings. The Kier molecular flexibility index (Phi) is 9.47. The third kappa shape index (κ3) is 7.16. The molecule has 0 saturated carbocycles. The third-order valence-corrected chi connectivity index (χ3v) is 4.25. The predicted octanol–water partition coefficient (Wildman–Crippen LogP) is -1.74. The number of carbonyl (C=O) groups excluding carboxylic acids is 5. The Morgan fingerprint density at radius 2 is 1.72 bits per heavy atom. The van der Waals surface area contributed by atoms with Gasteiger partial charge in [0.15, 0.2) is 24.4 Å². The molecule has 1 amide bonds. The van der Waals surface area contributed by atoms with Crippen molar-refractivity contribution in [1.29, 1.82) is 5.53 Å². The van der Waals surface area contributed by atoms with Gasteiger partial charge in [-0.3, -0.25) is 19.2 Å². The molecular formula is C18H24N4O10. The van der Waals surface area contributed by atoms with Crippen molar-refractivity contribution in [2.45, 2.75) is 65.0 Å². The van der Waals surface area contributed by atoms with E-state index in [-0.39, 0.29) is 5.57 Å². The average molecular weight is 456 g/mol. The van der Waals surface area contributed by atoms with Gasteiger partial charge in [-0.2, -0.15) is 0 Å². The lowest BCUT2D eigenvalue weighted by Gasteiger charge is -2.41. The normalized spacial score (nSPS) is 21.7. The first kappa shape index (κ1) is 26.2. The van der Waals surface area contributed by atoms with Crippen LogP contribution in [0, 0.1) is 5.53 Å². The summed E-state index contributed by atoms with van der Waals surface area (Å²) in [6.07, 6.45) is -4.54. The van der Waals surface area contributed by atoms with Crippen molar-refractivity contribution in [2.75, 3.05) is 6.61 Å². The predicted molar refractivity (Wildman–Crippen MR) is 99.0 cm³/mol. The molecule has 0 aromatic heterocycles. The maximum atomic E-state index is 11.8. The minimum absolute atomic E-state index is 0.0263. The number of hydrogen-bond acceptors (Lipinski definition) is 12. The van der Waals surface area contributed by atoms with E-state index in [0.717, 1.165) is 27.7 Å². The van der Waals surface area contributed by atoms with E-state index in [4.69, 9.17) is 24.5 Å². The number of esters is 3. The molecule has 0 aromatic rings. The Bertz CT molecular complexity index is 864. The number of amides is 1. The number of rotatable bonds is 9. The SMILES string of the molecule is CC(=O)NC1C(N=[N+]=N)C(C)=C(C(=O)[O-])OC1C(OC(C)=O)C(COC(C)=O)OC(C)=O. The van der Waals surface area contributed by atoms with Gasteiger partial charge in [0.2, 0.25) is 10.8 Å². The molecule has 0 spiro atoms. The molecule has 0 radical (unpaired) electrons. The van der Waals surface area contributed by atoms with E-state index < -0.39 is 72.5 Å². The quantitative estimate of drug-likeness (QED) is 0.173. The van der Waals surface area contributed by atoms with Gasteiger partial charge in [-0.25, -0.2) is 0 Å². The maximum absolute atomic E-state index is 11.8. The molecule has 1 rings (SSSR count). The molecule has 14 nitrogen and oxygen atoms in total. The van der Waals surface area contributed by atoms with Crippen LogP contribution < -0.4 is 15.3 Å². The van der Waals surface area contributed by atoms with Gasteiger partial charge in [0.05, 0.1) is 0 Å². The second kappa shape index (κ2) is 11.6. The molecule has 5 atom stereocenters. The van der Waals surface area contributed by atoms with Crippen LogP contribution in [-0.2, 0) is 42.9 Å². The Balaban J connectivity index is 3.64. The molecular weight excluding hydrogens is 432 g/mol. The van der Waals surface area contributed by atoms with Crippen molar-refractivity contribution in [3.63, 3.8) is 0 Å². The second-order valence-corrected chi connectivity index (χ2v) is 6.79. The fraction of sp³-hybridized carbons (Fsp3) is 0.611. The molecule has 5 unspecified atom stereocenters. The summed E-state index contributed by atoms with van der Waals surface area (Å²) in [5, 5.41) is 17.8. The van der Waals surface area contributed by atoms with Crippen LogP contribution in [0.3, 0.4) is 0 Å². The van der Waals surface area contributed by atoms with Crippen molar-refractivity contribution in [3.05, 3.63) is 11.3 Å². The number of aliphatic carboxylic acids is 1. The number of carboxylic acids is 1. The van der Waals surface area contributed by atoms with Crippen LogP contribution in [0.4, 0.5) is 0 Å². The van der Waals surface area contributed by atoms with Gasteiger partial charge in [-0.05, 0) is 6.92 Å². The van der Waals surface area contributed by atoms with Gasteiger partial charge in [-0.15, -0.1) is 0 Å². The van der Waals surface area contributed by atoms with Crippen molar-refractivity contribution in [2.24, 2.45) is 5.11 Å². The molecule has 14 heteroatoms. The summed E-state index contributed by atoms with van der Waals surface area (Å²) in [6, 6.07) is -2.45. The summed E-state index contributed by atoms with van der Waals surface area (Å²) in [4.78, 5) is 61.1. The van der Waals surface area contributed by atoms with Crippen molar-refractivity contribution < 1.29 is 48.0 Å². The summed E-state index contributed by atoms with van der Waals surface area (Å²) in [6.45, 7) is 5.07. The highest BCUT2D eigenvalue weighted by Crippen LogP contribution is 2.31. The summed E-state index contributed by atoms with van der Waals surface area (Å²) in [5.41, 5.74) is 7.03. The Morgan fingerprint density at radius 3 is 2.16 bits per heavy atom. The summed E-state index contributed by atoms with van der Waals surface area (Å²) in [7, 11) is 0. The monoisotopic (exact) mass is 456 g/mol. The Hall–Kier alpha value is -3.80. The standard InChI is InChI=1S/C18H24N4O10/c1-7-13(21-22-19)14(20-8(2)23)17(32-15(7)18(27)28)16(31-11(5)26)12(30-10(4)25)6-29-9(3)24/h12-14,16-17,19H,6H2,1-5H3,(H-,20,23,27,28). The van der Waals surface area contributed by atoms with Gasteiger partial charge in [0.25, 0.3) is 0 Å². The number of carbonyl (C=O) groups is 5. The number of carboxylic acid groups (broad SMARTS) is 1. The molecule has 2 N–H and O–H groups in total. The summed E-state index contributed by atoms with van der Waals surface area (Å²) >= 11 is 0. The maximum Gasteiger partial charge on any atom is 0.303 e. The van der Waals surface area contributed by atoms with E-state index in [9.17, 15) is 29.1 Å². The Morgan fingerprint density at radius 1 is 1.12 bits per heavy atom. The molecule has 0 aromatic carbocycles. The lowest BCUT2D eigenvalue weighted by molar-refractivity contribution is -0.305. The van der Waals surface area contributed by atoms with Gasteiger partial charge >= 0.3 is 17.9 Å². The highest BCUT2D eigenvalue weighted by atomic mass is 16.6. The Labute approximate surface area is 182 Å². The molecule has 0 bridgehead atoms. The highest BCUT2D eigenvalue weighted by molar-refractivity contribution is 5.84. The van der Waals surface area contributed by atoms with Crippen molar-refractivity contribution >= 4 is 29.8 Å². The summed E-state index contributed by atoms with van der Waals surface area (Å²) in [5.74, 6) is -5.48. The zero-order valence-corrected chi connectivity index (χ0v) is 18.1. The fourth-order valence-corrected chi connectivity index (χ4v) is 3.14. The smallest absolute Gasteiger partial charge is 0.303 e. The van der Waals surface area contributed by atoms with Crippen molar-refractivity contribution in [3.8, 4) is 0 Å². The number of nitrogens with zero attached hydrogens (tertiary/aromatic N) is 2.